The van der Waals surface area contributed by atoms with Gasteiger partial charge in [-0.1, -0.05) is 17.7 Å². The number of nitrogens with one attached hydrogen (secondary N) is 2. The Morgan fingerprint density at radius 2 is 1.93 bits per heavy atom. The number of benzene rings is 2. The average molecular weight is 378 g/mol. The second-order valence-electron chi connectivity index (χ2n) is 6.12. The van der Waals surface area contributed by atoms with Crippen LogP contribution in [0.25, 0.3) is 10.9 Å². The number of hydrogen-bond acceptors (Lipinski definition) is 4. The van der Waals surface area contributed by atoms with Crippen LogP contribution in [-0.2, 0) is 0 Å². The molecule has 0 spiro atoms. The zero-order chi connectivity index (χ0) is 18.8. The maximum Gasteiger partial charge on any atom is 0.291 e. The average Bonchev–Trinajstić information content (AvgIpc) is 3.17. The highest BCUT2D eigenvalue weighted by atomic mass is 35.5. The number of aromatic nitrogens is 1. The van der Waals surface area contributed by atoms with E-state index >= 15 is 0 Å². The van der Waals surface area contributed by atoms with Gasteiger partial charge >= 0.3 is 0 Å². The van der Waals surface area contributed by atoms with Gasteiger partial charge in [0.05, 0.1) is 11.8 Å². The molecule has 0 atom stereocenters. The van der Waals surface area contributed by atoms with Crippen molar-refractivity contribution in [3.8, 4) is 0 Å². The molecule has 0 bridgehead atoms. The van der Waals surface area contributed by atoms with Crippen LogP contribution in [0.3, 0.4) is 0 Å². The molecule has 134 valence electrons. The minimum absolute atomic E-state index is 0.269. The molecule has 1 amide bonds. The molecule has 0 aliphatic rings. The van der Waals surface area contributed by atoms with Crippen molar-refractivity contribution in [1.29, 1.82) is 0 Å². The van der Waals surface area contributed by atoms with Crippen LogP contribution in [0.4, 0.5) is 17.2 Å². The number of fused-ring (bicyclic) bond motifs is 1. The fraction of sp³-hybridized carbons (Fsp3) is 0.0476. The number of rotatable bonds is 4. The minimum Gasteiger partial charge on any atom is -0.459 e. The molecule has 0 aliphatic carbocycles. The topological polar surface area (TPSA) is 67.2 Å². The number of carbonyl (C=O) groups is 1. The predicted molar refractivity (Wildman–Crippen MR) is 108 cm³/mol. The number of amides is 1. The molecule has 4 rings (SSSR count). The van der Waals surface area contributed by atoms with Gasteiger partial charge in [-0.25, -0.2) is 4.98 Å². The first kappa shape index (κ1) is 17.1. The number of hydrogen-bond donors (Lipinski definition) is 2. The van der Waals surface area contributed by atoms with E-state index in [0.717, 1.165) is 28.0 Å². The molecule has 0 saturated heterocycles. The lowest BCUT2D eigenvalue weighted by molar-refractivity contribution is 0.0996. The van der Waals surface area contributed by atoms with Crippen molar-refractivity contribution < 1.29 is 9.21 Å². The Morgan fingerprint density at radius 1 is 1.04 bits per heavy atom. The third-order valence-corrected chi connectivity index (χ3v) is 4.35. The fourth-order valence-electron chi connectivity index (χ4n) is 2.85. The van der Waals surface area contributed by atoms with Gasteiger partial charge in [-0.2, -0.15) is 0 Å². The van der Waals surface area contributed by atoms with Crippen LogP contribution in [0.2, 0.25) is 5.02 Å². The Labute approximate surface area is 161 Å². The van der Waals surface area contributed by atoms with Gasteiger partial charge in [0.2, 0.25) is 0 Å². The number of aryl methyl sites for hydroxylation is 1. The number of furan rings is 1. The molecule has 0 aliphatic heterocycles. The second-order valence-corrected chi connectivity index (χ2v) is 6.56. The van der Waals surface area contributed by atoms with Crippen molar-refractivity contribution in [3.05, 3.63) is 83.3 Å². The van der Waals surface area contributed by atoms with Crippen LogP contribution in [-0.4, -0.2) is 10.9 Å². The Bertz CT molecular complexity index is 1120. The van der Waals surface area contributed by atoms with E-state index in [-0.39, 0.29) is 11.7 Å². The smallest absolute Gasteiger partial charge is 0.291 e. The first-order valence-electron chi connectivity index (χ1n) is 8.37. The third-order valence-electron chi connectivity index (χ3n) is 4.12. The number of carbonyl (C=O) groups excluding carboxylic acids is 1. The molecule has 2 N–H and O–H groups in total. The second kappa shape index (κ2) is 7.13. The lowest BCUT2D eigenvalue weighted by Gasteiger charge is -2.11. The zero-order valence-electron chi connectivity index (χ0n) is 14.5. The van der Waals surface area contributed by atoms with Gasteiger partial charge in [0.15, 0.2) is 5.76 Å². The quantitative estimate of drug-likeness (QED) is 0.472. The van der Waals surface area contributed by atoms with Crippen molar-refractivity contribution in [2.45, 2.75) is 6.92 Å². The van der Waals surface area contributed by atoms with Gasteiger partial charge in [0, 0.05) is 21.8 Å². The summed E-state index contributed by atoms with van der Waals surface area (Å²) >= 11 is 6.03. The summed E-state index contributed by atoms with van der Waals surface area (Å²) in [6, 6.07) is 18.3. The van der Waals surface area contributed by atoms with Crippen LogP contribution in [0, 0.1) is 6.92 Å². The highest BCUT2D eigenvalue weighted by Gasteiger charge is 2.10. The molecule has 27 heavy (non-hydrogen) atoms. The Morgan fingerprint density at radius 3 is 2.70 bits per heavy atom. The van der Waals surface area contributed by atoms with Crippen LogP contribution in [0.5, 0.6) is 0 Å². The van der Waals surface area contributed by atoms with Crippen molar-refractivity contribution in [2.75, 3.05) is 10.6 Å². The third kappa shape index (κ3) is 3.78. The molecule has 0 fully saturated rings. The highest BCUT2D eigenvalue weighted by Crippen LogP contribution is 2.26. The summed E-state index contributed by atoms with van der Waals surface area (Å²) in [6.07, 6.45) is 1.47. The standard InChI is InChI=1S/C21H16ClN3O2/c1-13-10-20(23-15-5-2-4-14(22)11-15)25-18-8-7-16(12-17(13)18)24-21(26)19-6-3-9-27-19/h2-12H,1H3,(H,23,25)(H,24,26). The van der Waals surface area contributed by atoms with Gasteiger partial charge in [0.1, 0.15) is 5.82 Å². The summed E-state index contributed by atoms with van der Waals surface area (Å²) < 4.78 is 5.12. The van der Waals surface area contributed by atoms with Crippen molar-refractivity contribution in [3.63, 3.8) is 0 Å². The lowest BCUT2D eigenvalue weighted by atomic mass is 10.1. The SMILES string of the molecule is Cc1cc(Nc2cccc(Cl)c2)nc2ccc(NC(=O)c3ccco3)cc12. The molecule has 2 aromatic carbocycles. The summed E-state index contributed by atoms with van der Waals surface area (Å²) in [7, 11) is 0. The van der Waals surface area contributed by atoms with E-state index in [1.807, 2.05) is 55.5 Å². The summed E-state index contributed by atoms with van der Waals surface area (Å²) in [5, 5.41) is 7.72. The van der Waals surface area contributed by atoms with Gasteiger partial charge in [-0.05, 0) is 67.1 Å². The molecular weight excluding hydrogens is 362 g/mol. The van der Waals surface area contributed by atoms with E-state index in [0.29, 0.717) is 10.7 Å². The summed E-state index contributed by atoms with van der Waals surface area (Å²) in [4.78, 5) is 16.8. The van der Waals surface area contributed by atoms with Gasteiger partial charge in [0.25, 0.3) is 5.91 Å². The molecule has 0 saturated carbocycles. The first-order chi connectivity index (χ1) is 13.1. The minimum atomic E-state index is -0.288. The maximum absolute atomic E-state index is 12.1. The van der Waals surface area contributed by atoms with E-state index in [1.54, 1.807) is 12.1 Å². The van der Waals surface area contributed by atoms with Crippen molar-refractivity contribution >= 4 is 45.6 Å². The maximum atomic E-state index is 12.1. The number of anilines is 3. The zero-order valence-corrected chi connectivity index (χ0v) is 15.2. The van der Waals surface area contributed by atoms with Gasteiger partial charge in [-0.3, -0.25) is 4.79 Å². The van der Waals surface area contributed by atoms with Gasteiger partial charge in [-0.15, -0.1) is 0 Å². The van der Waals surface area contributed by atoms with Crippen molar-refractivity contribution in [1.82, 2.24) is 4.98 Å². The molecule has 2 aromatic heterocycles. The molecule has 0 unspecified atom stereocenters. The van der Waals surface area contributed by atoms with E-state index in [2.05, 4.69) is 15.6 Å². The normalized spacial score (nSPS) is 10.7. The van der Waals surface area contributed by atoms with E-state index in [9.17, 15) is 4.79 Å². The fourth-order valence-corrected chi connectivity index (χ4v) is 3.04. The Hall–Kier alpha value is -3.31. The summed E-state index contributed by atoms with van der Waals surface area (Å²) in [5.41, 5.74) is 3.43. The predicted octanol–water partition coefficient (Wildman–Crippen LogP) is 5.79. The van der Waals surface area contributed by atoms with Crippen LogP contribution in [0.15, 0.2) is 71.3 Å². The number of nitrogens with zero attached hydrogens (tertiary/aromatic N) is 1. The molecule has 6 heteroatoms. The molecular formula is C21H16ClN3O2. The Balaban J connectivity index is 1.61. The van der Waals surface area contributed by atoms with Crippen molar-refractivity contribution in [2.24, 2.45) is 0 Å². The lowest BCUT2D eigenvalue weighted by Crippen LogP contribution is -2.10. The molecule has 4 aromatic rings. The first-order valence-corrected chi connectivity index (χ1v) is 8.75. The monoisotopic (exact) mass is 377 g/mol. The Kier molecular flexibility index (Phi) is 4.52. The van der Waals surface area contributed by atoms with E-state index in [4.69, 9.17) is 16.0 Å². The summed E-state index contributed by atoms with van der Waals surface area (Å²) in [6.45, 7) is 2.01. The van der Waals surface area contributed by atoms with Crippen LogP contribution < -0.4 is 10.6 Å². The highest BCUT2D eigenvalue weighted by molar-refractivity contribution is 6.30. The molecule has 5 nitrogen and oxygen atoms in total. The summed E-state index contributed by atoms with van der Waals surface area (Å²) in [5.74, 6) is 0.713. The van der Waals surface area contributed by atoms with Crippen LogP contribution >= 0.6 is 11.6 Å². The number of pyridine rings is 1. The largest absolute Gasteiger partial charge is 0.459 e. The van der Waals surface area contributed by atoms with Crippen LogP contribution in [0.1, 0.15) is 16.1 Å². The van der Waals surface area contributed by atoms with Gasteiger partial charge < -0.3 is 15.1 Å². The number of halogens is 1. The molecule has 2 heterocycles. The van der Waals surface area contributed by atoms with E-state index < -0.39 is 0 Å². The molecule has 0 radical (unpaired) electrons. The van der Waals surface area contributed by atoms with E-state index in [1.165, 1.54) is 6.26 Å².